The first-order chi connectivity index (χ1) is 15.3. The summed E-state index contributed by atoms with van der Waals surface area (Å²) in [7, 11) is 1.70. The molecule has 1 saturated heterocycles. The van der Waals surface area contributed by atoms with Crippen LogP contribution in [0.3, 0.4) is 0 Å². The molecule has 5 rings (SSSR count). The molecule has 0 aliphatic carbocycles. The second kappa shape index (κ2) is 8.81. The maximum absolute atomic E-state index is 5.99. The molecule has 0 atom stereocenters. The summed E-state index contributed by atoms with van der Waals surface area (Å²) in [5, 5.41) is 4.47. The molecule has 0 amide bonds. The zero-order chi connectivity index (χ0) is 21.0. The molecule has 0 radical (unpaired) electrons. The summed E-state index contributed by atoms with van der Waals surface area (Å²) >= 11 is 0. The molecule has 0 unspecified atom stereocenters. The van der Waals surface area contributed by atoms with Crippen molar-refractivity contribution in [2.75, 3.05) is 56.6 Å². The van der Waals surface area contributed by atoms with Crippen molar-refractivity contribution in [2.24, 2.45) is 0 Å². The van der Waals surface area contributed by atoms with Crippen LogP contribution in [0.2, 0.25) is 0 Å². The lowest BCUT2D eigenvalue weighted by Crippen LogP contribution is -2.46. The van der Waals surface area contributed by atoms with Gasteiger partial charge in [-0.05, 0) is 49.4 Å². The Balaban J connectivity index is 1.11. The smallest absolute Gasteiger partial charge is 0.196 e. The maximum atomic E-state index is 5.99. The van der Waals surface area contributed by atoms with Gasteiger partial charge in [-0.1, -0.05) is 12.1 Å². The molecule has 7 heteroatoms. The number of fused-ring (bicyclic) bond motifs is 3. The molecule has 1 aliphatic heterocycles. The molecule has 3 heterocycles. The number of hydrogen-bond acceptors (Lipinski definition) is 7. The topological polar surface area (TPSA) is 66.7 Å². The highest BCUT2D eigenvalue weighted by atomic mass is 16.5. The standard InChI is InChI=1S/C24H27N5O2/c1-30-19-9-7-18(8-10-19)29-15-13-28(14-16-29)12-4-11-25-24-23-22(26-17-27-24)20-5-2-3-6-21(20)31-23/h2-3,5-10,17H,4,11-16H2,1H3,(H,25,26,27). The van der Waals surface area contributed by atoms with Gasteiger partial charge in [0.25, 0.3) is 0 Å². The third-order valence-corrected chi connectivity index (χ3v) is 5.91. The number of furan rings is 1. The molecular formula is C24H27N5O2. The predicted molar refractivity (Wildman–Crippen MR) is 124 cm³/mol. The molecule has 7 nitrogen and oxygen atoms in total. The van der Waals surface area contributed by atoms with Gasteiger partial charge in [0.15, 0.2) is 11.4 Å². The number of piperazine rings is 1. The number of aromatic nitrogens is 2. The molecule has 4 aromatic rings. The van der Waals surface area contributed by atoms with Gasteiger partial charge >= 0.3 is 0 Å². The number of methoxy groups -OCH3 is 1. The SMILES string of the molecule is COc1ccc(N2CCN(CCCNc3ncnc4c3oc3ccccc34)CC2)cc1. The quantitative estimate of drug-likeness (QED) is 0.456. The van der Waals surface area contributed by atoms with Crippen molar-refractivity contribution in [3.63, 3.8) is 0 Å². The van der Waals surface area contributed by atoms with Gasteiger partial charge in [-0.25, -0.2) is 9.97 Å². The van der Waals surface area contributed by atoms with E-state index < -0.39 is 0 Å². The normalized spacial score (nSPS) is 14.9. The molecule has 31 heavy (non-hydrogen) atoms. The van der Waals surface area contributed by atoms with Crippen molar-refractivity contribution in [3.05, 3.63) is 54.9 Å². The monoisotopic (exact) mass is 417 g/mol. The summed E-state index contributed by atoms with van der Waals surface area (Å²) < 4.78 is 11.2. The predicted octanol–water partition coefficient (Wildman–Crippen LogP) is 4.01. The van der Waals surface area contributed by atoms with E-state index in [0.29, 0.717) is 0 Å². The Morgan fingerprint density at radius 3 is 2.61 bits per heavy atom. The lowest BCUT2D eigenvalue weighted by Gasteiger charge is -2.36. The fourth-order valence-electron chi connectivity index (χ4n) is 4.18. The van der Waals surface area contributed by atoms with Crippen LogP contribution in [-0.4, -0.2) is 61.2 Å². The van der Waals surface area contributed by atoms with E-state index in [1.54, 1.807) is 13.4 Å². The van der Waals surface area contributed by atoms with Crippen molar-refractivity contribution in [1.82, 2.24) is 14.9 Å². The fraction of sp³-hybridized carbons (Fsp3) is 0.333. The Bertz CT molecular complexity index is 1150. The molecule has 1 N–H and O–H groups in total. The van der Waals surface area contributed by atoms with E-state index in [4.69, 9.17) is 9.15 Å². The lowest BCUT2D eigenvalue weighted by atomic mass is 10.2. The average molecular weight is 418 g/mol. The highest BCUT2D eigenvalue weighted by Gasteiger charge is 2.17. The van der Waals surface area contributed by atoms with Crippen molar-refractivity contribution >= 4 is 33.6 Å². The van der Waals surface area contributed by atoms with E-state index in [1.165, 1.54) is 5.69 Å². The average Bonchev–Trinajstić information content (AvgIpc) is 3.22. The highest BCUT2D eigenvalue weighted by molar-refractivity contribution is 6.05. The van der Waals surface area contributed by atoms with E-state index >= 15 is 0 Å². The van der Waals surface area contributed by atoms with Crippen LogP contribution in [0.1, 0.15) is 6.42 Å². The van der Waals surface area contributed by atoms with Gasteiger partial charge in [-0.15, -0.1) is 0 Å². The van der Waals surface area contributed by atoms with Crippen molar-refractivity contribution < 1.29 is 9.15 Å². The number of para-hydroxylation sites is 1. The van der Waals surface area contributed by atoms with Gasteiger partial charge in [-0.2, -0.15) is 0 Å². The number of benzene rings is 2. The number of anilines is 2. The molecule has 1 aliphatic rings. The Hall–Kier alpha value is -3.32. The van der Waals surface area contributed by atoms with E-state index in [2.05, 4.69) is 37.2 Å². The summed E-state index contributed by atoms with van der Waals surface area (Å²) in [6.07, 6.45) is 2.65. The summed E-state index contributed by atoms with van der Waals surface area (Å²) in [6.45, 7) is 6.16. The largest absolute Gasteiger partial charge is 0.497 e. The van der Waals surface area contributed by atoms with Crippen LogP contribution in [0.25, 0.3) is 22.1 Å². The molecule has 2 aromatic heterocycles. The van der Waals surface area contributed by atoms with Crippen molar-refractivity contribution in [3.8, 4) is 5.75 Å². The second-order valence-electron chi connectivity index (χ2n) is 7.81. The summed E-state index contributed by atoms with van der Waals surface area (Å²) in [5.41, 5.74) is 3.70. The number of rotatable bonds is 7. The Morgan fingerprint density at radius 2 is 1.81 bits per heavy atom. The first kappa shape index (κ1) is 19.6. The van der Waals surface area contributed by atoms with E-state index in [0.717, 1.165) is 79.3 Å². The molecule has 0 bridgehead atoms. The van der Waals surface area contributed by atoms with Crippen molar-refractivity contribution in [2.45, 2.75) is 6.42 Å². The zero-order valence-electron chi connectivity index (χ0n) is 17.8. The Kier molecular flexibility index (Phi) is 5.58. The van der Waals surface area contributed by atoms with Gasteiger partial charge in [0.05, 0.1) is 7.11 Å². The molecule has 160 valence electrons. The lowest BCUT2D eigenvalue weighted by molar-refractivity contribution is 0.257. The van der Waals surface area contributed by atoms with E-state index in [9.17, 15) is 0 Å². The van der Waals surface area contributed by atoms with Crippen LogP contribution >= 0.6 is 0 Å². The minimum atomic E-state index is 0.733. The minimum Gasteiger partial charge on any atom is -0.497 e. The first-order valence-corrected chi connectivity index (χ1v) is 10.8. The van der Waals surface area contributed by atoms with Gasteiger partial charge in [-0.3, -0.25) is 4.90 Å². The maximum Gasteiger partial charge on any atom is 0.196 e. The van der Waals surface area contributed by atoms with Gasteiger partial charge in [0.1, 0.15) is 23.2 Å². The van der Waals surface area contributed by atoms with Gasteiger partial charge in [0, 0.05) is 43.8 Å². The van der Waals surface area contributed by atoms with E-state index in [-0.39, 0.29) is 0 Å². The molecule has 0 saturated carbocycles. The Morgan fingerprint density at radius 1 is 1.00 bits per heavy atom. The zero-order valence-corrected chi connectivity index (χ0v) is 17.8. The highest BCUT2D eigenvalue weighted by Crippen LogP contribution is 2.30. The minimum absolute atomic E-state index is 0.733. The number of nitrogens with one attached hydrogen (secondary N) is 1. The second-order valence-corrected chi connectivity index (χ2v) is 7.81. The van der Waals surface area contributed by atoms with Crippen LogP contribution < -0.4 is 15.0 Å². The number of nitrogens with zero attached hydrogens (tertiary/aromatic N) is 4. The molecule has 2 aromatic carbocycles. The summed E-state index contributed by atoms with van der Waals surface area (Å²) in [6, 6.07) is 16.3. The van der Waals surface area contributed by atoms with Crippen LogP contribution in [0.5, 0.6) is 5.75 Å². The first-order valence-electron chi connectivity index (χ1n) is 10.8. The Labute approximate surface area is 181 Å². The number of ether oxygens (including phenoxy) is 1. The van der Waals surface area contributed by atoms with Crippen LogP contribution in [-0.2, 0) is 0 Å². The fourth-order valence-corrected chi connectivity index (χ4v) is 4.18. The third kappa shape index (κ3) is 4.14. The van der Waals surface area contributed by atoms with Gasteiger partial charge < -0.3 is 19.4 Å². The number of hydrogen-bond donors (Lipinski definition) is 1. The molecule has 0 spiro atoms. The summed E-state index contributed by atoms with van der Waals surface area (Å²) in [5.74, 6) is 1.67. The summed E-state index contributed by atoms with van der Waals surface area (Å²) in [4.78, 5) is 13.8. The van der Waals surface area contributed by atoms with Crippen molar-refractivity contribution in [1.29, 1.82) is 0 Å². The third-order valence-electron chi connectivity index (χ3n) is 5.91. The van der Waals surface area contributed by atoms with Crippen LogP contribution in [0.4, 0.5) is 11.5 Å². The van der Waals surface area contributed by atoms with E-state index in [1.807, 2.05) is 36.4 Å². The van der Waals surface area contributed by atoms with Gasteiger partial charge in [0.2, 0.25) is 0 Å². The van der Waals surface area contributed by atoms with Crippen LogP contribution in [0, 0.1) is 0 Å². The molecule has 1 fully saturated rings. The molecular weight excluding hydrogens is 390 g/mol. The van der Waals surface area contributed by atoms with Crippen LogP contribution in [0.15, 0.2) is 59.3 Å².